The molecule has 0 spiro atoms. The number of benzene rings is 1. The molecule has 0 unspecified atom stereocenters. The zero-order valence-electron chi connectivity index (χ0n) is 9.77. The lowest BCUT2D eigenvalue weighted by Crippen LogP contribution is -2.04. The van der Waals surface area contributed by atoms with Crippen LogP contribution in [0.25, 0.3) is 16.8 Å². The van der Waals surface area contributed by atoms with Crippen molar-refractivity contribution < 1.29 is 9.90 Å². The molecule has 0 bridgehead atoms. The molecule has 18 heavy (non-hydrogen) atoms. The standard InChI is InChI=1S/C12H12N4O2/c1-13-5-8-6-16-10-3-2-7(11(17)18)4-9(10)15-12(16)14-8/h2-4,6,13H,5H2,1H3,(H,14,15)(H,17,18). The minimum absolute atomic E-state index is 0.249. The Kier molecular flexibility index (Phi) is 2.31. The molecule has 0 atom stereocenters. The summed E-state index contributed by atoms with van der Waals surface area (Å²) in [4.78, 5) is 18.4. The lowest BCUT2D eigenvalue weighted by molar-refractivity contribution is 0.0697. The SMILES string of the molecule is CNCc1cn2c(nc3cc(C(=O)O)ccc32)[nH]1. The van der Waals surface area contributed by atoms with Gasteiger partial charge in [-0.2, -0.15) is 0 Å². The fourth-order valence-electron chi connectivity index (χ4n) is 2.06. The highest BCUT2D eigenvalue weighted by molar-refractivity contribution is 5.93. The summed E-state index contributed by atoms with van der Waals surface area (Å²) in [5, 5.41) is 12.0. The van der Waals surface area contributed by atoms with Gasteiger partial charge in [0, 0.05) is 18.4 Å². The van der Waals surface area contributed by atoms with Gasteiger partial charge in [-0.15, -0.1) is 0 Å². The Hall–Kier alpha value is -2.34. The number of imidazole rings is 2. The lowest BCUT2D eigenvalue weighted by Gasteiger charge is -1.95. The summed E-state index contributed by atoms with van der Waals surface area (Å²) in [7, 11) is 1.88. The highest BCUT2D eigenvalue weighted by Crippen LogP contribution is 2.18. The van der Waals surface area contributed by atoms with E-state index in [1.54, 1.807) is 18.2 Å². The van der Waals surface area contributed by atoms with Crippen molar-refractivity contribution in [2.45, 2.75) is 6.54 Å². The number of nitrogens with one attached hydrogen (secondary N) is 2. The van der Waals surface area contributed by atoms with E-state index in [4.69, 9.17) is 5.11 Å². The van der Waals surface area contributed by atoms with E-state index in [1.165, 1.54) is 0 Å². The summed E-state index contributed by atoms with van der Waals surface area (Å²) in [6, 6.07) is 4.94. The smallest absolute Gasteiger partial charge is 0.335 e. The number of H-pyrrole nitrogens is 1. The summed E-state index contributed by atoms with van der Waals surface area (Å²) < 4.78 is 1.92. The number of carboxylic acids is 1. The van der Waals surface area contributed by atoms with Crippen LogP contribution in [0.15, 0.2) is 24.4 Å². The Morgan fingerprint density at radius 2 is 2.39 bits per heavy atom. The summed E-state index contributed by atoms with van der Waals surface area (Å²) in [6.07, 6.45) is 1.96. The van der Waals surface area contributed by atoms with Crippen LogP contribution in [0.1, 0.15) is 16.1 Å². The number of carboxylic acid groups (broad SMARTS) is 1. The van der Waals surface area contributed by atoms with E-state index < -0.39 is 5.97 Å². The Morgan fingerprint density at radius 3 is 3.11 bits per heavy atom. The Balaban J connectivity index is 2.19. The van der Waals surface area contributed by atoms with Gasteiger partial charge in [0.1, 0.15) is 0 Å². The first-order valence-corrected chi connectivity index (χ1v) is 5.56. The molecule has 0 aliphatic carbocycles. The van der Waals surface area contributed by atoms with E-state index in [2.05, 4.69) is 15.3 Å². The van der Waals surface area contributed by atoms with Crippen LogP contribution >= 0.6 is 0 Å². The van der Waals surface area contributed by atoms with Crippen LogP contribution in [0, 0.1) is 0 Å². The Labute approximate surface area is 102 Å². The molecule has 3 aromatic rings. The number of aromatic nitrogens is 3. The zero-order chi connectivity index (χ0) is 12.7. The van der Waals surface area contributed by atoms with E-state index >= 15 is 0 Å². The van der Waals surface area contributed by atoms with Crippen molar-refractivity contribution in [3.63, 3.8) is 0 Å². The molecule has 0 saturated carbocycles. The number of fused-ring (bicyclic) bond motifs is 3. The molecule has 6 nitrogen and oxygen atoms in total. The molecule has 0 fully saturated rings. The first-order valence-electron chi connectivity index (χ1n) is 5.56. The Morgan fingerprint density at radius 1 is 1.56 bits per heavy atom. The molecule has 0 amide bonds. The largest absolute Gasteiger partial charge is 0.478 e. The second-order valence-corrected chi connectivity index (χ2v) is 4.12. The van der Waals surface area contributed by atoms with Crippen LogP contribution in [0.5, 0.6) is 0 Å². The van der Waals surface area contributed by atoms with Crippen molar-refractivity contribution >= 4 is 22.8 Å². The maximum Gasteiger partial charge on any atom is 0.335 e. The molecule has 0 radical (unpaired) electrons. The van der Waals surface area contributed by atoms with E-state index in [9.17, 15) is 4.79 Å². The molecule has 3 N–H and O–H groups in total. The van der Waals surface area contributed by atoms with Gasteiger partial charge in [0.2, 0.25) is 5.78 Å². The van der Waals surface area contributed by atoms with Gasteiger partial charge < -0.3 is 15.4 Å². The van der Waals surface area contributed by atoms with Crippen LogP contribution in [0.3, 0.4) is 0 Å². The number of aromatic carboxylic acids is 1. The van der Waals surface area contributed by atoms with Gasteiger partial charge in [-0.25, -0.2) is 9.78 Å². The first kappa shape index (κ1) is 10.8. The summed E-state index contributed by atoms with van der Waals surface area (Å²) in [5.41, 5.74) is 2.86. The van der Waals surface area contributed by atoms with Crippen LogP contribution < -0.4 is 5.32 Å². The van der Waals surface area contributed by atoms with E-state index in [1.807, 2.05) is 17.6 Å². The van der Waals surface area contributed by atoms with Crippen molar-refractivity contribution in [3.8, 4) is 0 Å². The number of rotatable bonds is 3. The minimum Gasteiger partial charge on any atom is -0.478 e. The predicted octanol–water partition coefficient (Wildman–Crippen LogP) is 1.23. The van der Waals surface area contributed by atoms with Crippen molar-refractivity contribution in [2.75, 3.05) is 7.05 Å². The number of carbonyl (C=O) groups is 1. The molecular weight excluding hydrogens is 232 g/mol. The summed E-state index contributed by atoms with van der Waals surface area (Å²) in [5.74, 6) is -0.220. The van der Waals surface area contributed by atoms with E-state index in [0.29, 0.717) is 5.52 Å². The van der Waals surface area contributed by atoms with Gasteiger partial charge in [-0.05, 0) is 25.2 Å². The number of nitrogens with zero attached hydrogens (tertiary/aromatic N) is 2. The van der Waals surface area contributed by atoms with Gasteiger partial charge in [-0.1, -0.05) is 0 Å². The molecule has 2 aromatic heterocycles. The van der Waals surface area contributed by atoms with Gasteiger partial charge in [-0.3, -0.25) is 4.40 Å². The van der Waals surface area contributed by atoms with E-state index in [0.717, 1.165) is 23.5 Å². The van der Waals surface area contributed by atoms with Gasteiger partial charge in [0.25, 0.3) is 0 Å². The maximum absolute atomic E-state index is 10.9. The number of hydrogen-bond donors (Lipinski definition) is 3. The molecule has 0 aliphatic rings. The highest BCUT2D eigenvalue weighted by Gasteiger charge is 2.10. The van der Waals surface area contributed by atoms with Gasteiger partial charge in [0.15, 0.2) is 0 Å². The van der Waals surface area contributed by atoms with Gasteiger partial charge in [0.05, 0.1) is 16.6 Å². The molecule has 1 aromatic carbocycles. The predicted molar refractivity (Wildman–Crippen MR) is 66.8 cm³/mol. The average Bonchev–Trinajstić information content (AvgIpc) is 2.85. The second-order valence-electron chi connectivity index (χ2n) is 4.12. The second kappa shape index (κ2) is 3.85. The normalized spacial score (nSPS) is 11.4. The quantitative estimate of drug-likeness (QED) is 0.647. The van der Waals surface area contributed by atoms with Crippen LogP contribution in [0.2, 0.25) is 0 Å². The van der Waals surface area contributed by atoms with Crippen LogP contribution in [-0.2, 0) is 6.54 Å². The number of aromatic amines is 1. The molecular formula is C12H12N4O2. The zero-order valence-corrected chi connectivity index (χ0v) is 9.77. The molecule has 0 aliphatic heterocycles. The van der Waals surface area contributed by atoms with Crippen molar-refractivity contribution in [1.29, 1.82) is 0 Å². The third-order valence-electron chi connectivity index (χ3n) is 2.86. The van der Waals surface area contributed by atoms with Crippen molar-refractivity contribution in [3.05, 3.63) is 35.7 Å². The third kappa shape index (κ3) is 1.54. The number of hydrogen-bond acceptors (Lipinski definition) is 3. The van der Waals surface area contributed by atoms with Crippen molar-refractivity contribution in [2.24, 2.45) is 0 Å². The molecule has 6 heteroatoms. The van der Waals surface area contributed by atoms with E-state index in [-0.39, 0.29) is 5.56 Å². The molecule has 3 rings (SSSR count). The average molecular weight is 244 g/mol. The topological polar surface area (TPSA) is 82.4 Å². The Bertz CT molecular complexity index is 741. The molecule has 92 valence electrons. The van der Waals surface area contributed by atoms with Crippen LogP contribution in [0.4, 0.5) is 0 Å². The van der Waals surface area contributed by atoms with Crippen LogP contribution in [-0.4, -0.2) is 32.5 Å². The summed E-state index contributed by atoms with van der Waals surface area (Å²) >= 11 is 0. The fraction of sp³-hybridized carbons (Fsp3) is 0.167. The summed E-state index contributed by atoms with van der Waals surface area (Å²) in [6.45, 7) is 0.734. The van der Waals surface area contributed by atoms with Crippen molar-refractivity contribution in [1.82, 2.24) is 19.7 Å². The highest BCUT2D eigenvalue weighted by atomic mass is 16.4. The van der Waals surface area contributed by atoms with Gasteiger partial charge >= 0.3 is 5.97 Å². The fourth-order valence-corrected chi connectivity index (χ4v) is 2.06. The maximum atomic E-state index is 10.9. The molecule has 2 heterocycles. The monoisotopic (exact) mass is 244 g/mol. The first-order chi connectivity index (χ1) is 8.69. The lowest BCUT2D eigenvalue weighted by atomic mass is 10.2. The third-order valence-corrected chi connectivity index (χ3v) is 2.86. The minimum atomic E-state index is -0.940. The molecule has 0 saturated heterocycles.